The third-order valence-corrected chi connectivity index (χ3v) is 3.09. The number of nitrogens with two attached hydrogens (primary N) is 1. The van der Waals surface area contributed by atoms with Crippen molar-refractivity contribution in [2.75, 3.05) is 6.54 Å². The van der Waals surface area contributed by atoms with Gasteiger partial charge in [0.2, 0.25) is 0 Å². The molecule has 94 valence electrons. The van der Waals surface area contributed by atoms with Gasteiger partial charge in [-0.2, -0.15) is 0 Å². The van der Waals surface area contributed by atoms with E-state index >= 15 is 0 Å². The second kappa shape index (κ2) is 5.76. The fourth-order valence-corrected chi connectivity index (χ4v) is 2.09. The second-order valence-electron chi connectivity index (χ2n) is 4.46. The van der Waals surface area contributed by atoms with E-state index in [0.29, 0.717) is 6.54 Å². The molecule has 0 radical (unpaired) electrons. The molecule has 3 heteroatoms. The minimum atomic E-state index is -0.621. The van der Waals surface area contributed by atoms with Crippen LogP contribution in [-0.2, 0) is 0 Å². The lowest BCUT2D eigenvalue weighted by Gasteiger charge is -2.21. The van der Waals surface area contributed by atoms with Gasteiger partial charge in [-0.25, -0.2) is 0 Å². The Bertz CT molecular complexity index is 499. The molecule has 0 fully saturated rings. The fourth-order valence-electron chi connectivity index (χ4n) is 2.09. The summed E-state index contributed by atoms with van der Waals surface area (Å²) >= 11 is 0. The van der Waals surface area contributed by atoms with E-state index in [1.54, 1.807) is 6.20 Å². The predicted octanol–water partition coefficient (Wildman–Crippen LogP) is 2.17. The fraction of sp³-hybridized carbons (Fsp3) is 0.267. The highest BCUT2D eigenvalue weighted by Crippen LogP contribution is 2.29. The summed E-state index contributed by atoms with van der Waals surface area (Å²) in [5.74, 6) is -0.173. The third kappa shape index (κ3) is 2.75. The molecule has 0 spiro atoms. The first-order chi connectivity index (χ1) is 8.72. The van der Waals surface area contributed by atoms with E-state index in [2.05, 4.69) is 4.98 Å². The van der Waals surface area contributed by atoms with Crippen molar-refractivity contribution in [3.05, 3.63) is 65.5 Å². The molecular formula is C15H18N2O. The maximum absolute atomic E-state index is 10.4. The maximum atomic E-state index is 10.4. The molecule has 0 aliphatic heterocycles. The number of aromatic nitrogens is 1. The van der Waals surface area contributed by atoms with Crippen molar-refractivity contribution < 1.29 is 5.11 Å². The molecule has 18 heavy (non-hydrogen) atoms. The number of rotatable bonds is 4. The Morgan fingerprint density at radius 2 is 2.06 bits per heavy atom. The van der Waals surface area contributed by atoms with Crippen LogP contribution in [0.3, 0.4) is 0 Å². The van der Waals surface area contributed by atoms with Gasteiger partial charge in [-0.1, -0.05) is 35.9 Å². The van der Waals surface area contributed by atoms with Gasteiger partial charge in [0.25, 0.3) is 0 Å². The minimum absolute atomic E-state index is 0.173. The molecule has 3 nitrogen and oxygen atoms in total. The molecule has 0 aliphatic carbocycles. The first-order valence-electron chi connectivity index (χ1n) is 6.08. The van der Waals surface area contributed by atoms with E-state index in [0.717, 1.165) is 16.8 Å². The van der Waals surface area contributed by atoms with Crippen LogP contribution in [0.4, 0.5) is 0 Å². The van der Waals surface area contributed by atoms with E-state index in [9.17, 15) is 5.11 Å². The van der Waals surface area contributed by atoms with Gasteiger partial charge in [0.1, 0.15) is 0 Å². The molecule has 1 heterocycles. The van der Waals surface area contributed by atoms with Crippen molar-refractivity contribution >= 4 is 0 Å². The van der Waals surface area contributed by atoms with Crippen LogP contribution in [0, 0.1) is 6.92 Å². The lowest BCUT2D eigenvalue weighted by Crippen LogP contribution is -2.21. The van der Waals surface area contributed by atoms with E-state index in [1.807, 2.05) is 49.4 Å². The van der Waals surface area contributed by atoms with E-state index in [1.165, 1.54) is 0 Å². The topological polar surface area (TPSA) is 59.1 Å². The Labute approximate surface area is 107 Å². The summed E-state index contributed by atoms with van der Waals surface area (Å²) in [6.45, 7) is 2.38. The molecule has 1 aromatic heterocycles. The SMILES string of the molecule is Cc1cccc(C(O)C(CN)c2ccccn2)c1. The molecule has 2 unspecified atom stereocenters. The van der Waals surface area contributed by atoms with Crippen molar-refractivity contribution in [3.8, 4) is 0 Å². The van der Waals surface area contributed by atoms with Crippen molar-refractivity contribution in [1.29, 1.82) is 0 Å². The monoisotopic (exact) mass is 242 g/mol. The van der Waals surface area contributed by atoms with Gasteiger partial charge in [0.15, 0.2) is 0 Å². The number of hydrogen-bond acceptors (Lipinski definition) is 3. The van der Waals surface area contributed by atoms with Gasteiger partial charge in [-0.3, -0.25) is 4.98 Å². The first-order valence-corrected chi connectivity index (χ1v) is 6.08. The van der Waals surface area contributed by atoms with Gasteiger partial charge < -0.3 is 10.8 Å². The van der Waals surface area contributed by atoms with Crippen molar-refractivity contribution in [3.63, 3.8) is 0 Å². The van der Waals surface area contributed by atoms with E-state index < -0.39 is 6.10 Å². The third-order valence-electron chi connectivity index (χ3n) is 3.09. The van der Waals surface area contributed by atoms with Gasteiger partial charge in [0.05, 0.1) is 6.10 Å². The molecule has 2 rings (SSSR count). The molecule has 2 aromatic rings. The minimum Gasteiger partial charge on any atom is -0.388 e. The Kier molecular flexibility index (Phi) is 4.07. The van der Waals surface area contributed by atoms with Crippen LogP contribution in [0.5, 0.6) is 0 Å². The normalized spacial score (nSPS) is 14.2. The van der Waals surface area contributed by atoms with E-state index in [4.69, 9.17) is 5.73 Å². The zero-order chi connectivity index (χ0) is 13.0. The number of aliphatic hydroxyl groups excluding tert-OH is 1. The summed E-state index contributed by atoms with van der Waals surface area (Å²) in [6, 6.07) is 13.5. The molecule has 0 amide bonds. The summed E-state index contributed by atoms with van der Waals surface area (Å²) in [6.07, 6.45) is 1.10. The first kappa shape index (κ1) is 12.7. The average molecular weight is 242 g/mol. The standard InChI is InChI=1S/C15H18N2O/c1-11-5-4-6-12(9-11)15(18)13(10-16)14-7-2-3-8-17-14/h2-9,13,15,18H,10,16H2,1H3. The number of benzene rings is 1. The lowest BCUT2D eigenvalue weighted by molar-refractivity contribution is 0.145. The zero-order valence-electron chi connectivity index (χ0n) is 10.5. The summed E-state index contributed by atoms with van der Waals surface area (Å²) in [4.78, 5) is 4.28. The van der Waals surface area contributed by atoms with Crippen LogP contribution < -0.4 is 5.73 Å². The predicted molar refractivity (Wildman–Crippen MR) is 72.2 cm³/mol. The van der Waals surface area contributed by atoms with Crippen LogP contribution in [-0.4, -0.2) is 16.6 Å². The average Bonchev–Trinajstić information content (AvgIpc) is 2.41. The Hall–Kier alpha value is -1.71. The highest BCUT2D eigenvalue weighted by Gasteiger charge is 2.22. The highest BCUT2D eigenvalue weighted by molar-refractivity contribution is 5.27. The molecule has 0 bridgehead atoms. The van der Waals surface area contributed by atoms with E-state index in [-0.39, 0.29) is 5.92 Å². The van der Waals surface area contributed by atoms with Crippen molar-refractivity contribution in [2.24, 2.45) is 5.73 Å². The molecule has 2 atom stereocenters. The van der Waals surface area contributed by atoms with Gasteiger partial charge in [0, 0.05) is 24.4 Å². The highest BCUT2D eigenvalue weighted by atomic mass is 16.3. The van der Waals surface area contributed by atoms with Crippen LogP contribution in [0.15, 0.2) is 48.7 Å². The number of aliphatic hydroxyl groups is 1. The van der Waals surface area contributed by atoms with Crippen LogP contribution >= 0.6 is 0 Å². The lowest BCUT2D eigenvalue weighted by atomic mass is 9.92. The maximum Gasteiger partial charge on any atom is 0.0885 e. The zero-order valence-corrected chi connectivity index (χ0v) is 10.5. The molecule has 1 aromatic carbocycles. The quantitative estimate of drug-likeness (QED) is 0.863. The van der Waals surface area contributed by atoms with Crippen LogP contribution in [0.25, 0.3) is 0 Å². The van der Waals surface area contributed by atoms with Crippen LogP contribution in [0.2, 0.25) is 0 Å². The van der Waals surface area contributed by atoms with Gasteiger partial charge >= 0.3 is 0 Å². The molecule has 0 saturated heterocycles. The summed E-state index contributed by atoms with van der Waals surface area (Å²) in [5.41, 5.74) is 8.62. The number of nitrogens with zero attached hydrogens (tertiary/aromatic N) is 1. The largest absolute Gasteiger partial charge is 0.388 e. The smallest absolute Gasteiger partial charge is 0.0885 e. The van der Waals surface area contributed by atoms with Crippen LogP contribution in [0.1, 0.15) is 28.8 Å². The van der Waals surface area contributed by atoms with Crippen molar-refractivity contribution in [1.82, 2.24) is 4.98 Å². The van der Waals surface area contributed by atoms with Gasteiger partial charge in [-0.15, -0.1) is 0 Å². The van der Waals surface area contributed by atoms with Crippen molar-refractivity contribution in [2.45, 2.75) is 18.9 Å². The summed E-state index contributed by atoms with van der Waals surface area (Å²) in [5, 5.41) is 10.4. The Balaban J connectivity index is 2.28. The number of hydrogen-bond donors (Lipinski definition) is 2. The molecular weight excluding hydrogens is 224 g/mol. The number of pyridine rings is 1. The Morgan fingerprint density at radius 3 is 2.67 bits per heavy atom. The summed E-state index contributed by atoms with van der Waals surface area (Å²) < 4.78 is 0. The molecule has 0 saturated carbocycles. The van der Waals surface area contributed by atoms with Gasteiger partial charge in [-0.05, 0) is 24.6 Å². The number of aryl methyl sites for hydroxylation is 1. The summed E-state index contributed by atoms with van der Waals surface area (Å²) in [7, 11) is 0. The molecule has 3 N–H and O–H groups in total. The molecule has 0 aliphatic rings. The Morgan fingerprint density at radius 1 is 1.22 bits per heavy atom. The second-order valence-corrected chi connectivity index (χ2v) is 4.46.